The molecule has 0 saturated heterocycles. The second kappa shape index (κ2) is 9.30. The molecule has 0 unspecified atom stereocenters. The zero-order valence-corrected chi connectivity index (χ0v) is 16.4. The maximum absolute atomic E-state index is 13.1. The summed E-state index contributed by atoms with van der Waals surface area (Å²) in [6.45, 7) is 0.147. The van der Waals surface area contributed by atoms with E-state index in [1.54, 1.807) is 24.3 Å². The van der Waals surface area contributed by atoms with Crippen molar-refractivity contribution < 1.29 is 31.1 Å². The number of unbranched alkanes of at least 4 members (excludes halogenated alkanes) is 1. The van der Waals surface area contributed by atoms with Crippen LogP contribution in [0.5, 0.6) is 5.75 Å². The SMILES string of the molecule is N#Cc1n[nH]nc1-c1cccc(OCCCCc2cc(C(F)(F)F)ccc2C(F)(F)F)c1. The van der Waals surface area contributed by atoms with Gasteiger partial charge < -0.3 is 4.74 Å². The molecule has 0 radical (unpaired) electrons. The number of hydrogen-bond donors (Lipinski definition) is 1. The molecule has 0 atom stereocenters. The standard InChI is InChI=1S/C21H16F6N4O/c22-20(23,24)15-7-8-17(21(25,26)27)13(10-15)4-1-2-9-32-16-6-3-5-14(11-16)19-18(12-28)29-31-30-19/h3,5-8,10-11H,1-2,4,9H2,(H,29,30,31). The summed E-state index contributed by atoms with van der Waals surface area (Å²) in [6, 6.07) is 10.0. The predicted octanol–water partition coefficient (Wildman–Crippen LogP) is 5.78. The van der Waals surface area contributed by atoms with E-state index in [0.717, 1.165) is 0 Å². The molecule has 1 aromatic heterocycles. The molecule has 1 N–H and O–H groups in total. The highest BCUT2D eigenvalue weighted by Gasteiger charge is 2.36. The maximum atomic E-state index is 13.1. The van der Waals surface area contributed by atoms with Gasteiger partial charge in [-0.05, 0) is 55.2 Å². The number of halogens is 6. The minimum Gasteiger partial charge on any atom is -0.494 e. The second-order valence-electron chi connectivity index (χ2n) is 6.83. The van der Waals surface area contributed by atoms with Crippen LogP contribution in [0, 0.1) is 11.3 Å². The molecule has 0 amide bonds. The Morgan fingerprint density at radius 1 is 0.938 bits per heavy atom. The van der Waals surface area contributed by atoms with Crippen molar-refractivity contribution >= 4 is 0 Å². The van der Waals surface area contributed by atoms with Crippen molar-refractivity contribution in [1.29, 1.82) is 5.26 Å². The van der Waals surface area contributed by atoms with Crippen molar-refractivity contribution in [3.05, 3.63) is 64.8 Å². The third-order valence-electron chi connectivity index (χ3n) is 4.61. The van der Waals surface area contributed by atoms with Crippen LogP contribution in [0.3, 0.4) is 0 Å². The van der Waals surface area contributed by atoms with Crippen LogP contribution in [0.4, 0.5) is 26.3 Å². The highest BCUT2D eigenvalue weighted by Crippen LogP contribution is 2.37. The van der Waals surface area contributed by atoms with Gasteiger partial charge in [0, 0.05) is 5.56 Å². The number of ether oxygens (including phenoxy) is 1. The Balaban J connectivity index is 1.61. The number of aryl methyl sites for hydroxylation is 1. The van der Waals surface area contributed by atoms with Gasteiger partial charge in [0.25, 0.3) is 0 Å². The molecule has 0 aliphatic heterocycles. The number of hydrogen-bond acceptors (Lipinski definition) is 4. The number of aromatic amines is 1. The van der Waals surface area contributed by atoms with Gasteiger partial charge in [-0.25, -0.2) is 0 Å². The smallest absolute Gasteiger partial charge is 0.416 e. The highest BCUT2D eigenvalue weighted by molar-refractivity contribution is 5.65. The molecule has 1 heterocycles. The topological polar surface area (TPSA) is 74.6 Å². The largest absolute Gasteiger partial charge is 0.494 e. The first-order chi connectivity index (χ1) is 15.1. The third kappa shape index (κ3) is 5.57. The fourth-order valence-electron chi connectivity index (χ4n) is 3.10. The first-order valence-corrected chi connectivity index (χ1v) is 9.41. The van der Waals surface area contributed by atoms with E-state index >= 15 is 0 Å². The average molecular weight is 454 g/mol. The van der Waals surface area contributed by atoms with Crippen LogP contribution in [0.25, 0.3) is 11.3 Å². The molecule has 2 aromatic carbocycles. The maximum Gasteiger partial charge on any atom is 0.416 e. The van der Waals surface area contributed by atoms with E-state index in [1.807, 2.05) is 6.07 Å². The summed E-state index contributed by atoms with van der Waals surface area (Å²) < 4.78 is 83.7. The first-order valence-electron chi connectivity index (χ1n) is 9.41. The Morgan fingerprint density at radius 3 is 2.41 bits per heavy atom. The molecule has 32 heavy (non-hydrogen) atoms. The van der Waals surface area contributed by atoms with Crippen LogP contribution >= 0.6 is 0 Å². The van der Waals surface area contributed by atoms with E-state index in [2.05, 4.69) is 15.4 Å². The van der Waals surface area contributed by atoms with Crippen molar-refractivity contribution in [2.24, 2.45) is 0 Å². The first kappa shape index (κ1) is 23.1. The molecule has 168 valence electrons. The van der Waals surface area contributed by atoms with Gasteiger partial charge in [-0.15, -0.1) is 5.10 Å². The lowest BCUT2D eigenvalue weighted by atomic mass is 9.98. The van der Waals surface area contributed by atoms with E-state index in [-0.39, 0.29) is 25.1 Å². The summed E-state index contributed by atoms with van der Waals surface area (Å²) in [6.07, 6.45) is -9.11. The Morgan fingerprint density at radius 2 is 1.72 bits per heavy atom. The van der Waals surface area contributed by atoms with Crippen LogP contribution in [0.1, 0.15) is 35.2 Å². The van der Waals surface area contributed by atoms with Crippen molar-refractivity contribution in [2.75, 3.05) is 6.61 Å². The molecule has 0 aliphatic rings. The van der Waals surface area contributed by atoms with E-state index in [4.69, 9.17) is 10.00 Å². The van der Waals surface area contributed by atoms with Crippen molar-refractivity contribution in [1.82, 2.24) is 15.4 Å². The molecule has 0 bridgehead atoms. The monoisotopic (exact) mass is 454 g/mol. The minimum absolute atomic E-state index is 0.115. The lowest BCUT2D eigenvalue weighted by Gasteiger charge is -2.16. The highest BCUT2D eigenvalue weighted by atomic mass is 19.4. The van der Waals surface area contributed by atoms with Gasteiger partial charge in [0.1, 0.15) is 17.5 Å². The number of nitrogens with zero attached hydrogens (tertiary/aromatic N) is 3. The van der Waals surface area contributed by atoms with Crippen LogP contribution in [0.2, 0.25) is 0 Å². The van der Waals surface area contributed by atoms with Gasteiger partial charge in [0.05, 0.1) is 17.7 Å². The summed E-state index contributed by atoms with van der Waals surface area (Å²) in [5, 5.41) is 19.0. The number of nitriles is 1. The molecule has 5 nitrogen and oxygen atoms in total. The summed E-state index contributed by atoms with van der Waals surface area (Å²) in [4.78, 5) is 0. The quantitative estimate of drug-likeness (QED) is 0.363. The minimum atomic E-state index is -4.74. The second-order valence-corrected chi connectivity index (χ2v) is 6.83. The van der Waals surface area contributed by atoms with Gasteiger partial charge in [-0.1, -0.05) is 12.1 Å². The fourth-order valence-corrected chi connectivity index (χ4v) is 3.10. The lowest BCUT2D eigenvalue weighted by molar-refractivity contribution is -0.141. The number of nitrogens with one attached hydrogen (secondary N) is 1. The molecule has 3 rings (SSSR count). The van der Waals surface area contributed by atoms with E-state index in [0.29, 0.717) is 41.6 Å². The number of alkyl halides is 6. The van der Waals surface area contributed by atoms with Crippen LogP contribution in [0.15, 0.2) is 42.5 Å². The summed E-state index contributed by atoms with van der Waals surface area (Å²) >= 11 is 0. The number of rotatable bonds is 7. The van der Waals surface area contributed by atoms with Gasteiger partial charge in [0.2, 0.25) is 0 Å². The Labute approximate surface area is 178 Å². The van der Waals surface area contributed by atoms with E-state index in [1.165, 1.54) is 0 Å². The molecule has 11 heteroatoms. The average Bonchev–Trinajstić information content (AvgIpc) is 3.21. The zero-order chi connectivity index (χ0) is 23.4. The van der Waals surface area contributed by atoms with Gasteiger partial charge in [-0.2, -0.15) is 41.9 Å². The van der Waals surface area contributed by atoms with Crippen LogP contribution in [-0.4, -0.2) is 22.0 Å². The van der Waals surface area contributed by atoms with Crippen LogP contribution < -0.4 is 4.74 Å². The van der Waals surface area contributed by atoms with Crippen molar-refractivity contribution in [3.8, 4) is 23.1 Å². The summed E-state index contributed by atoms with van der Waals surface area (Å²) in [5.41, 5.74) is -1.53. The lowest BCUT2D eigenvalue weighted by Crippen LogP contribution is -2.13. The normalized spacial score (nSPS) is 11.9. The predicted molar refractivity (Wildman–Crippen MR) is 101 cm³/mol. The van der Waals surface area contributed by atoms with Gasteiger partial charge in [0.15, 0.2) is 5.69 Å². The molecular weight excluding hydrogens is 438 g/mol. The Bertz CT molecular complexity index is 1110. The summed E-state index contributed by atoms with van der Waals surface area (Å²) in [5.74, 6) is 0.449. The Kier molecular flexibility index (Phi) is 6.72. The van der Waals surface area contributed by atoms with Gasteiger partial charge >= 0.3 is 12.4 Å². The van der Waals surface area contributed by atoms with Crippen LogP contribution in [-0.2, 0) is 18.8 Å². The number of benzene rings is 2. The van der Waals surface area contributed by atoms with Gasteiger partial charge in [-0.3, -0.25) is 0 Å². The molecular formula is C21H16F6N4O. The van der Waals surface area contributed by atoms with E-state index in [9.17, 15) is 26.3 Å². The molecule has 0 aliphatic carbocycles. The van der Waals surface area contributed by atoms with Crippen molar-refractivity contribution in [3.63, 3.8) is 0 Å². The molecule has 3 aromatic rings. The fraction of sp³-hybridized carbons (Fsp3) is 0.286. The number of H-pyrrole nitrogens is 1. The summed E-state index contributed by atoms with van der Waals surface area (Å²) in [7, 11) is 0. The third-order valence-corrected chi connectivity index (χ3v) is 4.61. The zero-order valence-electron chi connectivity index (χ0n) is 16.4. The van der Waals surface area contributed by atoms with Crippen molar-refractivity contribution in [2.45, 2.75) is 31.6 Å². The molecule has 0 fully saturated rings. The van der Waals surface area contributed by atoms with E-state index < -0.39 is 29.0 Å². The Hall–Kier alpha value is -3.55. The molecule has 0 saturated carbocycles. The molecule has 0 spiro atoms. The number of aromatic nitrogens is 3.